The van der Waals surface area contributed by atoms with Crippen LogP contribution in [0.4, 0.5) is 39.3 Å². The summed E-state index contributed by atoms with van der Waals surface area (Å²) in [6, 6.07) is 17.6. The molecule has 0 fully saturated rings. The Labute approximate surface area is 200 Å². The van der Waals surface area contributed by atoms with E-state index in [-0.39, 0.29) is 29.3 Å². The summed E-state index contributed by atoms with van der Waals surface area (Å²) in [5, 5.41) is 21.2. The highest BCUT2D eigenvalue weighted by molar-refractivity contribution is 5.79. The SMILES string of the molecule is Cc1ccc(Nc2nc(N/N=C/c3ccc(F)cc3)nc(Nc3ccc([N+](=O)[O-])cc3)n2)cc1C. The van der Waals surface area contributed by atoms with Crippen molar-refractivity contribution in [1.29, 1.82) is 0 Å². The van der Waals surface area contributed by atoms with Gasteiger partial charge in [0.25, 0.3) is 5.69 Å². The van der Waals surface area contributed by atoms with Gasteiger partial charge in [-0.1, -0.05) is 18.2 Å². The highest BCUT2D eigenvalue weighted by Gasteiger charge is 2.10. The lowest BCUT2D eigenvalue weighted by molar-refractivity contribution is -0.384. The molecule has 3 N–H and O–H groups in total. The Morgan fingerprint density at radius 2 is 1.43 bits per heavy atom. The van der Waals surface area contributed by atoms with Crippen LogP contribution in [0.3, 0.4) is 0 Å². The number of non-ortho nitro benzene ring substituents is 1. The van der Waals surface area contributed by atoms with Gasteiger partial charge in [0, 0.05) is 23.5 Å². The number of aromatic nitrogens is 3. The number of hydrogen-bond acceptors (Lipinski definition) is 9. The van der Waals surface area contributed by atoms with Gasteiger partial charge in [-0.2, -0.15) is 20.1 Å². The fourth-order valence-corrected chi connectivity index (χ4v) is 2.99. The van der Waals surface area contributed by atoms with Gasteiger partial charge in [-0.25, -0.2) is 9.82 Å². The fourth-order valence-electron chi connectivity index (χ4n) is 2.99. The van der Waals surface area contributed by atoms with Gasteiger partial charge in [0.05, 0.1) is 11.1 Å². The number of halogens is 1. The molecular formula is C24H21FN8O2. The lowest BCUT2D eigenvalue weighted by atomic mass is 10.1. The van der Waals surface area contributed by atoms with Crippen LogP contribution in [-0.2, 0) is 0 Å². The van der Waals surface area contributed by atoms with Gasteiger partial charge in [-0.05, 0) is 66.9 Å². The van der Waals surface area contributed by atoms with E-state index in [2.05, 4.69) is 36.1 Å². The Morgan fingerprint density at radius 3 is 2.06 bits per heavy atom. The number of aryl methyl sites for hydroxylation is 2. The van der Waals surface area contributed by atoms with Gasteiger partial charge < -0.3 is 10.6 Å². The Bertz CT molecular complexity index is 1380. The molecule has 0 aliphatic carbocycles. The van der Waals surface area contributed by atoms with Crippen LogP contribution >= 0.6 is 0 Å². The molecule has 0 spiro atoms. The van der Waals surface area contributed by atoms with Crippen LogP contribution in [0.2, 0.25) is 0 Å². The molecule has 0 aliphatic rings. The minimum atomic E-state index is -0.473. The predicted molar refractivity (Wildman–Crippen MR) is 133 cm³/mol. The van der Waals surface area contributed by atoms with Crippen LogP contribution in [0, 0.1) is 29.8 Å². The molecule has 0 saturated heterocycles. The van der Waals surface area contributed by atoms with Gasteiger partial charge >= 0.3 is 0 Å². The van der Waals surface area contributed by atoms with Crippen molar-refractivity contribution in [1.82, 2.24) is 15.0 Å². The molecular weight excluding hydrogens is 451 g/mol. The number of benzene rings is 3. The van der Waals surface area contributed by atoms with Crippen molar-refractivity contribution in [3.05, 3.63) is 99.4 Å². The Balaban J connectivity index is 1.59. The molecule has 1 aromatic heterocycles. The molecule has 3 aromatic carbocycles. The van der Waals surface area contributed by atoms with E-state index in [1.165, 1.54) is 30.5 Å². The van der Waals surface area contributed by atoms with Gasteiger partial charge in [0.1, 0.15) is 5.82 Å². The second-order valence-electron chi connectivity index (χ2n) is 7.58. The molecule has 0 radical (unpaired) electrons. The van der Waals surface area contributed by atoms with Crippen molar-refractivity contribution in [3.8, 4) is 0 Å². The molecule has 0 amide bonds. The molecule has 0 saturated carbocycles. The van der Waals surface area contributed by atoms with Crippen molar-refractivity contribution < 1.29 is 9.31 Å². The van der Waals surface area contributed by atoms with Crippen molar-refractivity contribution >= 4 is 41.1 Å². The molecule has 0 atom stereocenters. The number of hydrazone groups is 1. The highest BCUT2D eigenvalue weighted by atomic mass is 19.1. The van der Waals surface area contributed by atoms with Crippen molar-refractivity contribution in [2.75, 3.05) is 16.1 Å². The normalized spacial score (nSPS) is 10.8. The summed E-state index contributed by atoms with van der Waals surface area (Å²) in [5.74, 6) is 0.262. The third kappa shape index (κ3) is 6.32. The van der Waals surface area contributed by atoms with E-state index in [1.54, 1.807) is 24.3 Å². The van der Waals surface area contributed by atoms with E-state index in [9.17, 15) is 14.5 Å². The van der Waals surface area contributed by atoms with Crippen LogP contribution in [0.15, 0.2) is 71.8 Å². The van der Waals surface area contributed by atoms with E-state index in [0.29, 0.717) is 11.3 Å². The Kier molecular flexibility index (Phi) is 6.86. The second kappa shape index (κ2) is 10.3. The first-order chi connectivity index (χ1) is 16.9. The summed E-state index contributed by atoms with van der Waals surface area (Å²) in [7, 11) is 0. The molecule has 11 heteroatoms. The van der Waals surface area contributed by atoms with Gasteiger partial charge in [-0.3, -0.25) is 10.1 Å². The van der Waals surface area contributed by atoms with E-state index >= 15 is 0 Å². The summed E-state index contributed by atoms with van der Waals surface area (Å²) in [5.41, 5.74) is 7.02. The molecule has 0 unspecified atom stereocenters. The van der Waals surface area contributed by atoms with Crippen LogP contribution in [0.25, 0.3) is 0 Å². The van der Waals surface area contributed by atoms with E-state index in [0.717, 1.165) is 16.8 Å². The number of nitrogens with zero attached hydrogens (tertiary/aromatic N) is 5. The molecule has 176 valence electrons. The first kappa shape index (κ1) is 23.2. The fraction of sp³-hybridized carbons (Fsp3) is 0.0833. The van der Waals surface area contributed by atoms with Gasteiger partial charge in [0.2, 0.25) is 17.8 Å². The van der Waals surface area contributed by atoms with Crippen LogP contribution in [-0.4, -0.2) is 26.1 Å². The first-order valence-corrected chi connectivity index (χ1v) is 10.5. The average molecular weight is 472 g/mol. The summed E-state index contributed by atoms with van der Waals surface area (Å²) in [4.78, 5) is 23.5. The summed E-state index contributed by atoms with van der Waals surface area (Å²) >= 11 is 0. The number of nitro groups is 1. The molecule has 4 aromatic rings. The molecule has 1 heterocycles. The average Bonchev–Trinajstić information content (AvgIpc) is 2.83. The van der Waals surface area contributed by atoms with Crippen LogP contribution in [0.5, 0.6) is 0 Å². The number of hydrogen-bond donors (Lipinski definition) is 3. The molecule has 0 bridgehead atoms. The predicted octanol–water partition coefficient (Wildman–Crippen LogP) is 5.47. The van der Waals surface area contributed by atoms with Gasteiger partial charge in [-0.15, -0.1) is 0 Å². The maximum absolute atomic E-state index is 13.1. The van der Waals surface area contributed by atoms with Crippen LogP contribution < -0.4 is 16.1 Å². The molecule has 10 nitrogen and oxygen atoms in total. The quantitative estimate of drug-likeness (QED) is 0.175. The summed E-state index contributed by atoms with van der Waals surface area (Å²) < 4.78 is 13.1. The van der Waals surface area contributed by atoms with E-state index in [1.807, 2.05) is 32.0 Å². The van der Waals surface area contributed by atoms with Crippen molar-refractivity contribution in [2.24, 2.45) is 5.10 Å². The maximum Gasteiger partial charge on any atom is 0.269 e. The maximum atomic E-state index is 13.1. The van der Waals surface area contributed by atoms with E-state index in [4.69, 9.17) is 0 Å². The van der Waals surface area contributed by atoms with Crippen molar-refractivity contribution in [3.63, 3.8) is 0 Å². The lowest BCUT2D eigenvalue weighted by Gasteiger charge is -2.11. The number of nitro benzene ring substituents is 1. The smallest absolute Gasteiger partial charge is 0.269 e. The molecule has 35 heavy (non-hydrogen) atoms. The number of rotatable bonds is 8. The zero-order valence-corrected chi connectivity index (χ0v) is 18.9. The Hall–Kier alpha value is -4.93. The second-order valence-corrected chi connectivity index (χ2v) is 7.58. The molecule has 0 aliphatic heterocycles. The largest absolute Gasteiger partial charge is 0.324 e. The lowest BCUT2D eigenvalue weighted by Crippen LogP contribution is -2.07. The summed E-state index contributed by atoms with van der Waals surface area (Å²) in [6.07, 6.45) is 1.50. The Morgan fingerprint density at radius 1 is 0.829 bits per heavy atom. The standard InChI is InChI=1S/C24H21FN8O2/c1-15-3-8-20(13-16(15)2)28-23-29-22(27-19-9-11-21(12-10-19)33(34)35)30-24(31-23)32-26-14-17-4-6-18(25)7-5-17/h3-14H,1-2H3,(H3,27,28,29,30,31,32)/b26-14+. The zero-order valence-electron chi connectivity index (χ0n) is 18.9. The summed E-state index contributed by atoms with van der Waals surface area (Å²) in [6.45, 7) is 4.03. The minimum absolute atomic E-state index is 0.0271. The van der Waals surface area contributed by atoms with Crippen molar-refractivity contribution in [2.45, 2.75) is 13.8 Å². The third-order valence-electron chi connectivity index (χ3n) is 4.98. The zero-order chi connectivity index (χ0) is 24.8. The molecule has 4 rings (SSSR count). The first-order valence-electron chi connectivity index (χ1n) is 10.5. The van der Waals surface area contributed by atoms with E-state index < -0.39 is 4.92 Å². The highest BCUT2D eigenvalue weighted by Crippen LogP contribution is 2.22. The van der Waals surface area contributed by atoms with Crippen LogP contribution in [0.1, 0.15) is 16.7 Å². The monoisotopic (exact) mass is 472 g/mol. The number of nitrogens with one attached hydrogen (secondary N) is 3. The number of anilines is 5. The van der Waals surface area contributed by atoms with Gasteiger partial charge in [0.15, 0.2) is 0 Å². The third-order valence-corrected chi connectivity index (χ3v) is 4.98. The minimum Gasteiger partial charge on any atom is -0.324 e. The topological polar surface area (TPSA) is 130 Å².